The third-order valence-corrected chi connectivity index (χ3v) is 10.4. The van der Waals surface area contributed by atoms with Gasteiger partial charge in [0.15, 0.2) is 0 Å². The van der Waals surface area contributed by atoms with Crippen LogP contribution in [0.25, 0.3) is 93.4 Å². The number of hydrogen-bond donors (Lipinski definition) is 0. The number of hydrogen-bond acceptors (Lipinski definition) is 0. The van der Waals surface area contributed by atoms with E-state index in [0.29, 0.717) is 0 Å². The van der Waals surface area contributed by atoms with Gasteiger partial charge in [0.2, 0.25) is 0 Å². The molecule has 0 unspecified atom stereocenters. The highest BCUT2D eigenvalue weighted by atomic mass is 15.0. The molecule has 51 heavy (non-hydrogen) atoms. The van der Waals surface area contributed by atoms with E-state index in [1.54, 1.807) is 0 Å². The number of rotatable bonds is 5. The number of aromatic nitrogens is 1. The highest BCUT2D eigenvalue weighted by Gasteiger charge is 2.21. The van der Waals surface area contributed by atoms with E-state index in [9.17, 15) is 0 Å². The van der Waals surface area contributed by atoms with Crippen LogP contribution in [0.5, 0.6) is 0 Å². The first-order valence-corrected chi connectivity index (χ1v) is 17.6. The first kappa shape index (κ1) is 29.2. The van der Waals surface area contributed by atoms with Crippen molar-refractivity contribution in [2.24, 2.45) is 0 Å². The van der Waals surface area contributed by atoms with Gasteiger partial charge in [-0.1, -0.05) is 176 Å². The third-order valence-electron chi connectivity index (χ3n) is 10.4. The Labute approximate surface area is 297 Å². The van der Waals surface area contributed by atoms with E-state index in [0.717, 1.165) is 11.4 Å². The zero-order valence-electron chi connectivity index (χ0n) is 28.0. The molecule has 10 rings (SSSR count). The van der Waals surface area contributed by atoms with Gasteiger partial charge in [-0.25, -0.2) is 0 Å². The van der Waals surface area contributed by atoms with Crippen molar-refractivity contribution in [1.82, 2.24) is 4.57 Å². The minimum atomic E-state index is 1.13. The van der Waals surface area contributed by atoms with Crippen LogP contribution in [0.3, 0.4) is 0 Å². The molecule has 1 nitrogen and oxygen atoms in total. The summed E-state index contributed by atoms with van der Waals surface area (Å²) >= 11 is 0. The van der Waals surface area contributed by atoms with Crippen LogP contribution in [0.4, 0.5) is 0 Å². The fourth-order valence-corrected chi connectivity index (χ4v) is 8.08. The number of nitrogens with zero attached hydrogens (tertiary/aromatic N) is 1. The maximum atomic E-state index is 2.43. The van der Waals surface area contributed by atoms with E-state index in [-0.39, 0.29) is 0 Å². The van der Waals surface area contributed by atoms with Gasteiger partial charge >= 0.3 is 0 Å². The Kier molecular flexibility index (Phi) is 6.89. The summed E-state index contributed by atoms with van der Waals surface area (Å²) in [6.45, 7) is 0. The van der Waals surface area contributed by atoms with E-state index >= 15 is 0 Å². The largest absolute Gasteiger partial charge is 0.316 e. The zero-order valence-corrected chi connectivity index (χ0v) is 28.0. The quantitative estimate of drug-likeness (QED) is 0.164. The van der Waals surface area contributed by atoms with Crippen molar-refractivity contribution >= 4 is 43.1 Å². The molecule has 1 aromatic heterocycles. The van der Waals surface area contributed by atoms with Gasteiger partial charge in [-0.3, -0.25) is 0 Å². The SMILES string of the molecule is c1ccc(-c2cc(-c3ccccc3)n(-c3ccc4c(-c5cccc6ccccc56)c5ccccc5c(-c5cccc6ccccc56)c4c3)c2)cc1. The topological polar surface area (TPSA) is 4.93 Å². The summed E-state index contributed by atoms with van der Waals surface area (Å²) in [5.41, 5.74) is 10.9. The van der Waals surface area contributed by atoms with Crippen LogP contribution in [-0.4, -0.2) is 4.57 Å². The molecule has 0 N–H and O–H groups in total. The molecule has 0 aliphatic rings. The Morgan fingerprint density at radius 1 is 0.294 bits per heavy atom. The van der Waals surface area contributed by atoms with E-state index in [1.807, 2.05) is 0 Å². The van der Waals surface area contributed by atoms with Crippen LogP contribution >= 0.6 is 0 Å². The average molecular weight is 648 g/mol. The van der Waals surface area contributed by atoms with Gasteiger partial charge in [-0.2, -0.15) is 0 Å². The molecule has 0 aliphatic carbocycles. The van der Waals surface area contributed by atoms with Gasteiger partial charge in [-0.15, -0.1) is 0 Å². The van der Waals surface area contributed by atoms with Crippen molar-refractivity contribution < 1.29 is 0 Å². The van der Waals surface area contributed by atoms with Gasteiger partial charge in [-0.05, 0) is 94.7 Å². The Bertz CT molecular complexity index is 2890. The van der Waals surface area contributed by atoms with Crippen LogP contribution < -0.4 is 0 Å². The molecule has 0 amide bonds. The lowest BCUT2D eigenvalue weighted by atomic mass is 9.83. The second kappa shape index (κ2) is 12.0. The molecule has 0 bridgehead atoms. The van der Waals surface area contributed by atoms with E-state index in [2.05, 4.69) is 205 Å². The Morgan fingerprint density at radius 3 is 1.37 bits per heavy atom. The second-order valence-electron chi connectivity index (χ2n) is 13.3. The van der Waals surface area contributed by atoms with Gasteiger partial charge in [0.25, 0.3) is 0 Å². The molecule has 0 saturated carbocycles. The molecule has 0 spiro atoms. The molecule has 1 heteroatoms. The maximum absolute atomic E-state index is 2.43. The Balaban J connectivity index is 1.34. The standard InChI is InChI=1S/C50H33N/c1-3-15-34(16-4-1)38-31-48(37-19-5-2-6-20-37)51(33-38)39-29-30-46-47(32-39)50(43-28-14-22-36-18-8-10-24-41(36)43)45-26-12-11-25-44(45)49(46)42-27-13-21-35-17-7-9-23-40(35)42/h1-33H. The summed E-state index contributed by atoms with van der Waals surface area (Å²) in [5, 5.41) is 10.00. The molecule has 0 atom stereocenters. The third kappa shape index (κ3) is 4.86. The molecule has 10 aromatic rings. The van der Waals surface area contributed by atoms with Crippen LogP contribution in [0, 0.1) is 0 Å². The number of benzene rings is 9. The molecule has 9 aromatic carbocycles. The fraction of sp³-hybridized carbons (Fsp3) is 0. The van der Waals surface area contributed by atoms with E-state index < -0.39 is 0 Å². The van der Waals surface area contributed by atoms with Crippen LogP contribution in [-0.2, 0) is 0 Å². The van der Waals surface area contributed by atoms with Crippen molar-refractivity contribution in [3.63, 3.8) is 0 Å². The van der Waals surface area contributed by atoms with Crippen molar-refractivity contribution in [3.8, 4) is 50.3 Å². The van der Waals surface area contributed by atoms with Gasteiger partial charge in [0.05, 0.1) is 5.69 Å². The Morgan fingerprint density at radius 2 is 0.765 bits per heavy atom. The summed E-state index contributed by atoms with van der Waals surface area (Å²) in [4.78, 5) is 0. The highest BCUT2D eigenvalue weighted by Crippen LogP contribution is 2.47. The highest BCUT2D eigenvalue weighted by molar-refractivity contribution is 6.25. The van der Waals surface area contributed by atoms with Crippen molar-refractivity contribution in [2.45, 2.75) is 0 Å². The average Bonchev–Trinajstić information content (AvgIpc) is 3.66. The predicted molar refractivity (Wildman–Crippen MR) is 218 cm³/mol. The van der Waals surface area contributed by atoms with Crippen LogP contribution in [0.15, 0.2) is 200 Å². The summed E-state index contributed by atoms with van der Waals surface area (Å²) in [5.74, 6) is 0. The molecule has 0 saturated heterocycles. The minimum Gasteiger partial charge on any atom is -0.316 e. The van der Waals surface area contributed by atoms with Crippen molar-refractivity contribution in [1.29, 1.82) is 0 Å². The lowest BCUT2D eigenvalue weighted by Gasteiger charge is -2.21. The van der Waals surface area contributed by atoms with Gasteiger partial charge in [0.1, 0.15) is 0 Å². The van der Waals surface area contributed by atoms with Crippen LogP contribution in [0.1, 0.15) is 0 Å². The molecule has 0 fully saturated rings. The van der Waals surface area contributed by atoms with Gasteiger partial charge in [0, 0.05) is 17.4 Å². The fourth-order valence-electron chi connectivity index (χ4n) is 8.08. The molecule has 0 radical (unpaired) electrons. The van der Waals surface area contributed by atoms with Crippen LogP contribution in [0.2, 0.25) is 0 Å². The second-order valence-corrected chi connectivity index (χ2v) is 13.3. The van der Waals surface area contributed by atoms with Crippen molar-refractivity contribution in [2.75, 3.05) is 0 Å². The molecule has 0 aliphatic heterocycles. The number of fused-ring (bicyclic) bond motifs is 4. The molecular formula is C50H33N. The molecule has 1 heterocycles. The lowest BCUT2D eigenvalue weighted by Crippen LogP contribution is -1.97. The maximum Gasteiger partial charge on any atom is 0.0534 e. The van der Waals surface area contributed by atoms with E-state index in [1.165, 1.54) is 82.0 Å². The summed E-state index contributed by atoms with van der Waals surface area (Å²) in [6.07, 6.45) is 2.29. The monoisotopic (exact) mass is 647 g/mol. The summed E-state index contributed by atoms with van der Waals surface area (Å²) < 4.78 is 2.37. The van der Waals surface area contributed by atoms with E-state index in [4.69, 9.17) is 0 Å². The Hall–Kier alpha value is -6.70. The zero-order chi connectivity index (χ0) is 33.7. The lowest BCUT2D eigenvalue weighted by molar-refractivity contribution is 1.09. The molecular weight excluding hydrogens is 615 g/mol. The summed E-state index contributed by atoms with van der Waals surface area (Å²) in [6, 6.07) is 70.8. The smallest absolute Gasteiger partial charge is 0.0534 e. The minimum absolute atomic E-state index is 1.13. The molecule has 238 valence electrons. The van der Waals surface area contributed by atoms with Crippen molar-refractivity contribution in [3.05, 3.63) is 200 Å². The first-order valence-electron chi connectivity index (χ1n) is 17.6. The van der Waals surface area contributed by atoms with Gasteiger partial charge < -0.3 is 4.57 Å². The normalized spacial score (nSPS) is 11.5. The first-order chi connectivity index (χ1) is 25.3. The summed E-state index contributed by atoms with van der Waals surface area (Å²) in [7, 11) is 0. The predicted octanol–water partition coefficient (Wildman–Crippen LogP) is 13.8.